The highest BCUT2D eigenvalue weighted by atomic mass is 32.2. The van der Waals surface area contributed by atoms with E-state index in [0.29, 0.717) is 6.42 Å². The Hall–Kier alpha value is 0.220. The maximum atomic E-state index is 10.7. The summed E-state index contributed by atoms with van der Waals surface area (Å²) in [7, 11) is 0.461. The second kappa shape index (κ2) is 13.5. The lowest BCUT2D eigenvalue weighted by atomic mass is 10.1. The Morgan fingerprint density at radius 1 is 0.739 bits per heavy atom. The Bertz CT molecular complexity index is 370. The fourth-order valence-electron chi connectivity index (χ4n) is 2.85. The highest BCUT2D eigenvalue weighted by molar-refractivity contribution is 7.85. The lowest BCUT2D eigenvalue weighted by Crippen LogP contribution is -2.41. The zero-order valence-corrected chi connectivity index (χ0v) is 16.9. The fraction of sp³-hybridized carbons (Fsp3) is 1.00. The van der Waals surface area contributed by atoms with Crippen LogP contribution in [0.5, 0.6) is 0 Å². The van der Waals surface area contributed by atoms with E-state index in [4.69, 9.17) is 4.55 Å². The molecule has 0 radical (unpaired) electrons. The van der Waals surface area contributed by atoms with Gasteiger partial charge < -0.3 is 4.48 Å². The van der Waals surface area contributed by atoms with Crippen LogP contribution in [-0.2, 0) is 10.1 Å². The second-order valence-corrected chi connectivity index (χ2v) is 9.30. The average Bonchev–Trinajstić information content (AvgIpc) is 2.43. The minimum Gasteiger partial charge on any atom is -0.328 e. The van der Waals surface area contributed by atoms with E-state index in [1.54, 1.807) is 0 Å². The Kier molecular flexibility index (Phi) is 13.6. The van der Waals surface area contributed by atoms with Gasteiger partial charge in [0.05, 0.1) is 32.9 Å². The van der Waals surface area contributed by atoms with Gasteiger partial charge in [-0.25, -0.2) is 0 Å². The Balaban J connectivity index is 3.42. The molecule has 0 bridgehead atoms. The van der Waals surface area contributed by atoms with E-state index in [0.717, 1.165) is 23.3 Å². The molecule has 0 saturated carbocycles. The quantitative estimate of drug-likeness (QED) is 0.186. The van der Waals surface area contributed by atoms with Crippen molar-refractivity contribution in [1.29, 1.82) is 0 Å². The van der Waals surface area contributed by atoms with Crippen LogP contribution in [0, 0.1) is 0 Å². The van der Waals surface area contributed by atoms with Gasteiger partial charge in [0.15, 0.2) is 0 Å². The van der Waals surface area contributed by atoms with Crippen molar-refractivity contribution < 1.29 is 17.5 Å². The molecule has 0 rings (SSSR count). The summed E-state index contributed by atoms with van der Waals surface area (Å²) in [6.07, 6.45) is 13.7. The molecule has 0 aromatic carbocycles. The van der Waals surface area contributed by atoms with Gasteiger partial charge in [0.2, 0.25) is 0 Å². The van der Waals surface area contributed by atoms with Crippen LogP contribution in [0.15, 0.2) is 0 Å². The van der Waals surface area contributed by atoms with Crippen LogP contribution < -0.4 is 0 Å². The normalized spacial score (nSPS) is 12.7. The number of nitrogens with zero attached hydrogens (tertiary/aromatic N) is 1. The molecule has 0 spiro atoms. The summed E-state index contributed by atoms with van der Waals surface area (Å²) >= 11 is 4.22. The number of unbranched alkanes of at least 4 members (excludes halogenated alkanes) is 9. The molecule has 0 fully saturated rings. The molecule has 0 atom stereocenters. The minimum absolute atomic E-state index is 0.122. The highest BCUT2D eigenvalue weighted by Crippen LogP contribution is 2.12. The van der Waals surface area contributed by atoms with Crippen LogP contribution in [0.3, 0.4) is 0 Å². The summed E-state index contributed by atoms with van der Waals surface area (Å²) in [6, 6.07) is 0. The first-order chi connectivity index (χ1) is 10.8. The molecule has 0 aromatic heterocycles. The van der Waals surface area contributed by atoms with Crippen molar-refractivity contribution in [3.05, 3.63) is 0 Å². The lowest BCUT2D eigenvalue weighted by Gasteiger charge is -2.29. The van der Waals surface area contributed by atoms with Crippen molar-refractivity contribution in [2.75, 3.05) is 38.7 Å². The van der Waals surface area contributed by atoms with Crippen LogP contribution in [0.25, 0.3) is 0 Å². The molecule has 0 amide bonds. The summed E-state index contributed by atoms with van der Waals surface area (Å²) in [4.78, 5) is 0. The molecule has 1 N–H and O–H groups in total. The second-order valence-electron chi connectivity index (χ2n) is 7.28. The van der Waals surface area contributed by atoms with E-state index in [-0.39, 0.29) is 5.75 Å². The summed E-state index contributed by atoms with van der Waals surface area (Å²) in [5, 5.41) is 0. The SMILES string of the molecule is C[N+](C)(CCCCCCCCCCCCS)CCCS(=O)(=O)O. The molecule has 23 heavy (non-hydrogen) atoms. The van der Waals surface area contributed by atoms with E-state index in [1.165, 1.54) is 64.2 Å². The standard InChI is InChI=1S/C17H37NO3S2/c1-18(2,15-13-17-23(19,20)21)14-11-9-7-5-3-4-6-8-10-12-16-22/h3-17H2,1-2H3,(H-,19,20,21,22)/p+1. The molecule has 6 heteroatoms. The van der Waals surface area contributed by atoms with E-state index in [9.17, 15) is 8.42 Å². The lowest BCUT2D eigenvalue weighted by molar-refractivity contribution is -0.890. The molecule has 4 nitrogen and oxygen atoms in total. The molecule has 0 saturated heterocycles. The van der Waals surface area contributed by atoms with Crippen molar-refractivity contribution in [3.8, 4) is 0 Å². The third-order valence-corrected chi connectivity index (χ3v) is 5.46. The van der Waals surface area contributed by atoms with Crippen molar-refractivity contribution in [1.82, 2.24) is 0 Å². The largest absolute Gasteiger partial charge is 0.328 e. The Morgan fingerprint density at radius 3 is 1.57 bits per heavy atom. The van der Waals surface area contributed by atoms with Gasteiger partial charge in [0.1, 0.15) is 0 Å². The van der Waals surface area contributed by atoms with Gasteiger partial charge in [0, 0.05) is 6.42 Å². The fourth-order valence-corrected chi connectivity index (χ4v) is 3.57. The molecule has 0 aliphatic carbocycles. The molecular formula is C17H38NO3S2+. The number of rotatable bonds is 16. The van der Waals surface area contributed by atoms with Gasteiger partial charge in [-0.1, -0.05) is 44.9 Å². The maximum Gasteiger partial charge on any atom is 0.265 e. The number of quaternary nitrogens is 1. The first-order valence-electron chi connectivity index (χ1n) is 9.15. The van der Waals surface area contributed by atoms with E-state index in [2.05, 4.69) is 26.7 Å². The third kappa shape index (κ3) is 18.4. The van der Waals surface area contributed by atoms with E-state index < -0.39 is 10.1 Å². The van der Waals surface area contributed by atoms with Crippen LogP contribution in [0.2, 0.25) is 0 Å². The summed E-state index contributed by atoms with van der Waals surface area (Å²) in [5.74, 6) is 0.896. The zero-order valence-electron chi connectivity index (χ0n) is 15.2. The molecule has 0 aliphatic heterocycles. The monoisotopic (exact) mass is 368 g/mol. The maximum absolute atomic E-state index is 10.7. The molecule has 0 unspecified atom stereocenters. The summed E-state index contributed by atoms with van der Waals surface area (Å²) < 4.78 is 31.0. The molecule has 0 aliphatic rings. The molecule has 0 heterocycles. The molecule has 0 aromatic rings. The van der Waals surface area contributed by atoms with Gasteiger partial charge in [0.25, 0.3) is 10.1 Å². The molecular weight excluding hydrogens is 330 g/mol. The van der Waals surface area contributed by atoms with Crippen molar-refractivity contribution in [3.63, 3.8) is 0 Å². The Labute approximate surface area is 149 Å². The molecule has 140 valence electrons. The summed E-state index contributed by atoms with van der Waals surface area (Å²) in [6.45, 7) is 1.88. The summed E-state index contributed by atoms with van der Waals surface area (Å²) in [5.41, 5.74) is 0. The smallest absolute Gasteiger partial charge is 0.265 e. The van der Waals surface area contributed by atoms with Crippen LogP contribution in [0.1, 0.15) is 70.6 Å². The number of hydrogen-bond donors (Lipinski definition) is 2. The first kappa shape index (κ1) is 23.2. The van der Waals surface area contributed by atoms with Crippen LogP contribution in [0.4, 0.5) is 0 Å². The van der Waals surface area contributed by atoms with Crippen LogP contribution in [-0.4, -0.2) is 56.1 Å². The zero-order chi connectivity index (χ0) is 17.6. The van der Waals surface area contributed by atoms with Gasteiger partial charge >= 0.3 is 0 Å². The van der Waals surface area contributed by atoms with Gasteiger partial charge in [-0.3, -0.25) is 4.55 Å². The first-order valence-corrected chi connectivity index (χ1v) is 11.4. The Morgan fingerprint density at radius 2 is 1.13 bits per heavy atom. The number of thiol groups is 1. The third-order valence-electron chi connectivity index (χ3n) is 4.34. The van der Waals surface area contributed by atoms with Gasteiger partial charge in [-0.15, -0.1) is 0 Å². The number of hydrogen-bond acceptors (Lipinski definition) is 3. The topological polar surface area (TPSA) is 54.4 Å². The van der Waals surface area contributed by atoms with Crippen molar-refractivity contribution in [2.24, 2.45) is 0 Å². The minimum atomic E-state index is -3.81. The van der Waals surface area contributed by atoms with Crippen molar-refractivity contribution in [2.45, 2.75) is 70.6 Å². The van der Waals surface area contributed by atoms with Crippen LogP contribution >= 0.6 is 12.6 Å². The van der Waals surface area contributed by atoms with Gasteiger partial charge in [-0.05, 0) is 25.0 Å². The predicted molar refractivity (Wildman–Crippen MR) is 103 cm³/mol. The van der Waals surface area contributed by atoms with Crippen molar-refractivity contribution >= 4 is 22.7 Å². The average molecular weight is 369 g/mol. The van der Waals surface area contributed by atoms with E-state index >= 15 is 0 Å². The predicted octanol–water partition coefficient (Wildman–Crippen LogP) is 4.17. The highest BCUT2D eigenvalue weighted by Gasteiger charge is 2.16. The van der Waals surface area contributed by atoms with Gasteiger partial charge in [-0.2, -0.15) is 21.0 Å². The van der Waals surface area contributed by atoms with E-state index in [1.807, 2.05) is 0 Å².